The number of hydrogen-bond acceptors (Lipinski definition) is 2. The summed E-state index contributed by atoms with van der Waals surface area (Å²) in [5.41, 5.74) is 1.25. The molecule has 3 aliphatic rings. The molecule has 22 heavy (non-hydrogen) atoms. The number of Topliss-reactive ketones (excluding diaryl/α,β-unsaturated/α-hetero) is 2. The normalized spacial score (nSPS) is 44.0. The number of ketones is 2. The molecule has 0 radical (unpaired) electrons. The molecule has 3 aliphatic carbocycles. The molecule has 2 nitrogen and oxygen atoms in total. The Labute approximate surface area is 132 Å². The van der Waals surface area contributed by atoms with E-state index < -0.39 is 0 Å². The van der Waals surface area contributed by atoms with Crippen LogP contribution < -0.4 is 0 Å². The Morgan fingerprint density at radius 2 is 1.55 bits per heavy atom. The summed E-state index contributed by atoms with van der Waals surface area (Å²) in [6.07, 6.45) is 3.08. The number of hydrogen-bond donors (Lipinski definition) is 0. The predicted octanol–water partition coefficient (Wildman–Crippen LogP) is 3.86. The van der Waals surface area contributed by atoms with E-state index in [4.69, 9.17) is 0 Å². The van der Waals surface area contributed by atoms with Crippen molar-refractivity contribution < 1.29 is 9.59 Å². The van der Waals surface area contributed by atoms with E-state index in [0.717, 1.165) is 19.3 Å². The van der Waals surface area contributed by atoms with Gasteiger partial charge in [-0.25, -0.2) is 0 Å². The fraction of sp³-hybridized carbons (Fsp3) is 0.600. The molecule has 7 atom stereocenters. The van der Waals surface area contributed by atoms with E-state index in [1.165, 1.54) is 5.56 Å². The van der Waals surface area contributed by atoms with Crippen molar-refractivity contribution >= 4 is 11.6 Å². The lowest BCUT2D eigenvalue weighted by molar-refractivity contribution is -0.137. The largest absolute Gasteiger partial charge is 0.291 e. The van der Waals surface area contributed by atoms with Gasteiger partial charge < -0.3 is 0 Å². The molecular weight excluding hydrogens is 272 g/mol. The maximum atomic E-state index is 12.7. The summed E-state index contributed by atoms with van der Waals surface area (Å²) in [7, 11) is 0. The van der Waals surface area contributed by atoms with Crippen molar-refractivity contribution in [2.75, 3.05) is 0 Å². The average Bonchev–Trinajstić information content (AvgIpc) is 2.78. The van der Waals surface area contributed by atoms with E-state index in [0.29, 0.717) is 23.7 Å². The molecule has 0 saturated heterocycles. The van der Waals surface area contributed by atoms with Crippen LogP contribution in [0.15, 0.2) is 30.3 Å². The minimum Gasteiger partial charge on any atom is -0.291 e. The van der Waals surface area contributed by atoms with Crippen LogP contribution in [0.1, 0.15) is 44.6 Å². The Kier molecular flexibility index (Phi) is 3.25. The van der Waals surface area contributed by atoms with Crippen LogP contribution in [0.5, 0.6) is 0 Å². The van der Waals surface area contributed by atoms with Gasteiger partial charge in [-0.15, -0.1) is 0 Å². The first-order chi connectivity index (χ1) is 10.6. The lowest BCUT2D eigenvalue weighted by atomic mass is 9.54. The van der Waals surface area contributed by atoms with Gasteiger partial charge in [0, 0.05) is 11.8 Å². The Balaban J connectivity index is 1.79. The molecule has 1 aromatic rings. The molecule has 116 valence electrons. The molecule has 2 heteroatoms. The van der Waals surface area contributed by atoms with Crippen LogP contribution in [-0.4, -0.2) is 11.6 Å². The number of benzene rings is 1. The van der Waals surface area contributed by atoms with Gasteiger partial charge in [0.2, 0.25) is 11.6 Å². The van der Waals surface area contributed by atoms with Gasteiger partial charge in [-0.2, -0.15) is 0 Å². The molecule has 3 fully saturated rings. The van der Waals surface area contributed by atoms with Crippen LogP contribution >= 0.6 is 0 Å². The summed E-state index contributed by atoms with van der Waals surface area (Å²) in [6.45, 7) is 4.66. The van der Waals surface area contributed by atoms with Gasteiger partial charge in [0.25, 0.3) is 0 Å². The summed E-state index contributed by atoms with van der Waals surface area (Å²) >= 11 is 0. The lowest BCUT2D eigenvalue weighted by Crippen LogP contribution is -2.45. The first kappa shape index (κ1) is 14.2. The molecule has 0 amide bonds. The van der Waals surface area contributed by atoms with Crippen molar-refractivity contribution in [3.05, 3.63) is 35.9 Å². The third-order valence-corrected chi connectivity index (χ3v) is 6.74. The second kappa shape index (κ2) is 5.04. The van der Waals surface area contributed by atoms with E-state index in [1.807, 2.05) is 18.2 Å². The summed E-state index contributed by atoms with van der Waals surface area (Å²) in [4.78, 5) is 25.3. The van der Waals surface area contributed by atoms with Crippen molar-refractivity contribution in [2.45, 2.75) is 39.0 Å². The zero-order valence-corrected chi connectivity index (χ0v) is 13.4. The molecule has 0 bridgehead atoms. The summed E-state index contributed by atoms with van der Waals surface area (Å²) in [6, 6.07) is 10.4. The van der Waals surface area contributed by atoms with Crippen molar-refractivity contribution in [3.63, 3.8) is 0 Å². The highest BCUT2D eigenvalue weighted by Gasteiger charge is 2.60. The third kappa shape index (κ3) is 1.85. The maximum absolute atomic E-state index is 12.7. The Hall–Kier alpha value is -1.44. The second-order valence-corrected chi connectivity index (χ2v) is 7.80. The fourth-order valence-corrected chi connectivity index (χ4v) is 5.93. The van der Waals surface area contributed by atoms with E-state index >= 15 is 0 Å². The molecule has 0 spiro atoms. The van der Waals surface area contributed by atoms with Gasteiger partial charge in [-0.1, -0.05) is 44.2 Å². The highest BCUT2D eigenvalue weighted by molar-refractivity contribution is 6.41. The van der Waals surface area contributed by atoms with Gasteiger partial charge in [0.15, 0.2) is 0 Å². The van der Waals surface area contributed by atoms with E-state index in [-0.39, 0.29) is 29.3 Å². The summed E-state index contributed by atoms with van der Waals surface area (Å²) in [5, 5.41) is 0. The fourth-order valence-electron chi connectivity index (χ4n) is 5.93. The Morgan fingerprint density at radius 1 is 0.818 bits per heavy atom. The number of carbonyl (C=O) groups is 2. The molecule has 0 heterocycles. The van der Waals surface area contributed by atoms with Crippen molar-refractivity contribution in [1.29, 1.82) is 0 Å². The van der Waals surface area contributed by atoms with E-state index in [2.05, 4.69) is 26.0 Å². The quantitative estimate of drug-likeness (QED) is 0.738. The molecule has 0 N–H and O–H groups in total. The molecule has 0 aromatic heterocycles. The highest BCUT2D eigenvalue weighted by Crippen LogP contribution is 2.59. The van der Waals surface area contributed by atoms with Crippen molar-refractivity contribution in [1.82, 2.24) is 0 Å². The van der Waals surface area contributed by atoms with Gasteiger partial charge >= 0.3 is 0 Å². The molecule has 3 saturated carbocycles. The van der Waals surface area contributed by atoms with Gasteiger partial charge in [-0.3, -0.25) is 9.59 Å². The topological polar surface area (TPSA) is 34.1 Å². The highest BCUT2D eigenvalue weighted by atomic mass is 16.2. The van der Waals surface area contributed by atoms with Gasteiger partial charge in [0.05, 0.1) is 0 Å². The Morgan fingerprint density at radius 3 is 2.27 bits per heavy atom. The lowest BCUT2D eigenvalue weighted by Gasteiger charge is -2.49. The van der Waals surface area contributed by atoms with Crippen LogP contribution in [0, 0.1) is 35.5 Å². The van der Waals surface area contributed by atoms with Crippen molar-refractivity contribution in [3.8, 4) is 0 Å². The molecular formula is C20H24O2. The molecule has 4 rings (SSSR count). The first-order valence-electron chi connectivity index (χ1n) is 8.72. The average molecular weight is 296 g/mol. The van der Waals surface area contributed by atoms with Crippen LogP contribution in [0.2, 0.25) is 0 Å². The number of rotatable bonds is 1. The SMILES string of the molecule is CC1CCC2C(=O)C(=O)C3C(c4ccccc4)CC(C)C1C23. The van der Waals surface area contributed by atoms with E-state index in [9.17, 15) is 9.59 Å². The monoisotopic (exact) mass is 296 g/mol. The van der Waals surface area contributed by atoms with Crippen LogP contribution in [0.3, 0.4) is 0 Å². The van der Waals surface area contributed by atoms with E-state index in [1.54, 1.807) is 0 Å². The predicted molar refractivity (Wildman–Crippen MR) is 85.3 cm³/mol. The maximum Gasteiger partial charge on any atom is 0.202 e. The minimum absolute atomic E-state index is 0.0210. The van der Waals surface area contributed by atoms with Gasteiger partial charge in [-0.05, 0) is 54.4 Å². The number of carbonyl (C=O) groups excluding carboxylic acids is 2. The Bertz CT molecular complexity index is 605. The molecule has 7 unspecified atom stereocenters. The minimum atomic E-state index is -0.0603. The first-order valence-corrected chi connectivity index (χ1v) is 8.72. The zero-order chi connectivity index (χ0) is 15.4. The zero-order valence-electron chi connectivity index (χ0n) is 13.4. The third-order valence-electron chi connectivity index (χ3n) is 6.74. The smallest absolute Gasteiger partial charge is 0.202 e. The molecule has 0 aliphatic heterocycles. The van der Waals surface area contributed by atoms with Crippen LogP contribution in [-0.2, 0) is 9.59 Å². The summed E-state index contributed by atoms with van der Waals surface area (Å²) in [5.74, 6) is 2.20. The second-order valence-electron chi connectivity index (χ2n) is 7.80. The van der Waals surface area contributed by atoms with Crippen LogP contribution in [0.25, 0.3) is 0 Å². The van der Waals surface area contributed by atoms with Gasteiger partial charge in [0.1, 0.15) is 0 Å². The summed E-state index contributed by atoms with van der Waals surface area (Å²) < 4.78 is 0. The molecule has 1 aromatic carbocycles. The van der Waals surface area contributed by atoms with Crippen LogP contribution in [0.4, 0.5) is 0 Å². The van der Waals surface area contributed by atoms with Crippen molar-refractivity contribution in [2.24, 2.45) is 35.5 Å². The standard InChI is InChI=1S/C20H24O2/c1-11-8-9-14-17-16(11)12(2)10-15(13-6-4-3-5-7-13)18(17)20(22)19(14)21/h3-7,11-12,14-18H,8-10H2,1-2H3.